The summed E-state index contributed by atoms with van der Waals surface area (Å²) in [4.78, 5) is 15.1. The molecule has 3 N–H and O–H groups in total. The van der Waals surface area contributed by atoms with Crippen LogP contribution in [-0.2, 0) is 9.53 Å². The molecule has 0 spiro atoms. The number of nitrogen functional groups attached to an aromatic ring is 1. The van der Waals surface area contributed by atoms with Gasteiger partial charge in [-0.25, -0.2) is 4.98 Å². The van der Waals surface area contributed by atoms with Gasteiger partial charge in [0.05, 0.1) is 30.5 Å². The summed E-state index contributed by atoms with van der Waals surface area (Å²) < 4.78 is 4.77. The van der Waals surface area contributed by atoms with Gasteiger partial charge in [-0.1, -0.05) is 0 Å². The number of hydrogen-bond acceptors (Lipinski definition) is 6. The van der Waals surface area contributed by atoms with E-state index >= 15 is 0 Å². The van der Waals surface area contributed by atoms with Crippen LogP contribution in [0.4, 0.5) is 11.5 Å². The summed E-state index contributed by atoms with van der Waals surface area (Å²) in [5, 5.41) is 11.7. The van der Waals surface area contributed by atoms with Gasteiger partial charge in [0.1, 0.15) is 11.9 Å². The van der Waals surface area contributed by atoms with Gasteiger partial charge in [-0.15, -0.1) is 0 Å². The van der Waals surface area contributed by atoms with E-state index in [1.807, 2.05) is 6.07 Å². The quantitative estimate of drug-likeness (QED) is 0.734. The number of anilines is 2. The van der Waals surface area contributed by atoms with E-state index in [4.69, 9.17) is 15.7 Å². The van der Waals surface area contributed by atoms with Crippen LogP contribution in [0.2, 0.25) is 0 Å². The first-order chi connectivity index (χ1) is 8.17. The summed E-state index contributed by atoms with van der Waals surface area (Å²) in [6.45, 7) is 2.48. The fourth-order valence-electron chi connectivity index (χ4n) is 1.22. The van der Waals surface area contributed by atoms with E-state index in [2.05, 4.69) is 10.3 Å². The molecule has 0 aromatic carbocycles. The maximum absolute atomic E-state index is 11.1. The van der Waals surface area contributed by atoms with Crippen LogP contribution in [0.1, 0.15) is 18.9 Å². The zero-order valence-electron chi connectivity index (χ0n) is 9.56. The largest absolute Gasteiger partial charge is 0.466 e. The third kappa shape index (κ3) is 3.99. The molecule has 1 rings (SSSR count). The van der Waals surface area contributed by atoms with E-state index in [1.54, 1.807) is 6.92 Å². The molecule has 6 heteroatoms. The highest BCUT2D eigenvalue weighted by Gasteiger charge is 2.05. The Kier molecular flexibility index (Phi) is 4.76. The van der Waals surface area contributed by atoms with Gasteiger partial charge in [0.2, 0.25) is 0 Å². The topological polar surface area (TPSA) is 101 Å². The monoisotopic (exact) mass is 234 g/mol. The van der Waals surface area contributed by atoms with Crippen molar-refractivity contribution >= 4 is 17.5 Å². The molecule has 0 bridgehead atoms. The van der Waals surface area contributed by atoms with Crippen LogP contribution in [0.3, 0.4) is 0 Å². The molecule has 0 amide bonds. The van der Waals surface area contributed by atoms with Crippen LogP contribution in [0.15, 0.2) is 12.3 Å². The lowest BCUT2D eigenvalue weighted by Crippen LogP contribution is -2.12. The second-order valence-electron chi connectivity index (χ2n) is 3.26. The minimum atomic E-state index is -0.283. The van der Waals surface area contributed by atoms with Crippen molar-refractivity contribution in [2.75, 3.05) is 24.2 Å². The smallest absolute Gasteiger partial charge is 0.307 e. The molecule has 0 fully saturated rings. The fraction of sp³-hybridized carbons (Fsp3) is 0.364. The highest BCUT2D eigenvalue weighted by Crippen LogP contribution is 2.13. The molecule has 0 unspecified atom stereocenters. The van der Waals surface area contributed by atoms with E-state index in [-0.39, 0.29) is 12.4 Å². The van der Waals surface area contributed by atoms with Gasteiger partial charge in [0.15, 0.2) is 0 Å². The molecular formula is C11H14N4O2. The van der Waals surface area contributed by atoms with E-state index < -0.39 is 0 Å². The number of hydrogen-bond donors (Lipinski definition) is 2. The number of esters is 1. The highest BCUT2D eigenvalue weighted by atomic mass is 16.5. The zero-order chi connectivity index (χ0) is 12.7. The summed E-state index contributed by atoms with van der Waals surface area (Å²) in [6, 6.07) is 3.51. The number of nitriles is 1. The summed E-state index contributed by atoms with van der Waals surface area (Å²) >= 11 is 0. The predicted molar refractivity (Wildman–Crippen MR) is 63.1 cm³/mol. The lowest BCUT2D eigenvalue weighted by atomic mass is 10.2. The third-order valence-corrected chi connectivity index (χ3v) is 1.96. The maximum Gasteiger partial charge on any atom is 0.307 e. The molecule has 1 aromatic heterocycles. The fourth-order valence-corrected chi connectivity index (χ4v) is 1.22. The molecule has 0 atom stereocenters. The van der Waals surface area contributed by atoms with E-state index in [1.165, 1.54) is 12.3 Å². The summed E-state index contributed by atoms with van der Waals surface area (Å²) in [7, 11) is 0. The van der Waals surface area contributed by atoms with Crippen molar-refractivity contribution in [1.82, 2.24) is 4.98 Å². The molecule has 90 valence electrons. The second-order valence-corrected chi connectivity index (χ2v) is 3.26. The molecular weight excluding hydrogens is 220 g/mol. The maximum atomic E-state index is 11.1. The van der Waals surface area contributed by atoms with Crippen molar-refractivity contribution in [2.24, 2.45) is 0 Å². The lowest BCUT2D eigenvalue weighted by Gasteiger charge is -2.07. The van der Waals surface area contributed by atoms with Crippen molar-refractivity contribution in [3.05, 3.63) is 17.8 Å². The first kappa shape index (κ1) is 12.8. The molecule has 17 heavy (non-hydrogen) atoms. The number of rotatable bonds is 5. The minimum Gasteiger partial charge on any atom is -0.466 e. The summed E-state index contributed by atoms with van der Waals surface area (Å²) in [6.07, 6.45) is 1.68. The standard InChI is InChI=1S/C11H14N4O2/c1-2-17-10(16)3-4-14-11-8(6-12)5-9(13)7-15-11/h5,7H,2-4,13H2,1H3,(H,14,15). The minimum absolute atomic E-state index is 0.227. The lowest BCUT2D eigenvalue weighted by molar-refractivity contribution is -0.142. The predicted octanol–water partition coefficient (Wildman–Crippen LogP) is 0.901. The number of nitrogens with two attached hydrogens (primary N) is 1. The Morgan fingerprint density at radius 1 is 1.71 bits per heavy atom. The first-order valence-electron chi connectivity index (χ1n) is 5.22. The van der Waals surface area contributed by atoms with E-state index in [0.717, 1.165) is 0 Å². The van der Waals surface area contributed by atoms with Gasteiger partial charge in [-0.05, 0) is 13.0 Å². The molecule has 0 aliphatic heterocycles. The molecule has 0 radical (unpaired) electrons. The van der Waals surface area contributed by atoms with E-state index in [0.29, 0.717) is 30.2 Å². The van der Waals surface area contributed by atoms with Crippen molar-refractivity contribution < 1.29 is 9.53 Å². The number of aromatic nitrogens is 1. The zero-order valence-corrected chi connectivity index (χ0v) is 9.56. The summed E-state index contributed by atoms with van der Waals surface area (Å²) in [5.74, 6) is 0.139. The van der Waals surface area contributed by atoms with E-state index in [9.17, 15) is 4.79 Å². The molecule has 1 heterocycles. The average Bonchev–Trinajstić information content (AvgIpc) is 2.31. The SMILES string of the molecule is CCOC(=O)CCNc1ncc(N)cc1C#N. The number of carbonyl (C=O) groups excluding carboxylic acids is 1. The van der Waals surface area contributed by atoms with Crippen molar-refractivity contribution in [3.8, 4) is 6.07 Å². The molecule has 6 nitrogen and oxygen atoms in total. The van der Waals surface area contributed by atoms with Crippen molar-refractivity contribution in [1.29, 1.82) is 5.26 Å². The Hall–Kier alpha value is -2.29. The van der Waals surface area contributed by atoms with Gasteiger partial charge < -0.3 is 15.8 Å². The number of ether oxygens (including phenoxy) is 1. The van der Waals surface area contributed by atoms with Crippen LogP contribution in [0, 0.1) is 11.3 Å². The van der Waals surface area contributed by atoms with Gasteiger partial charge in [0, 0.05) is 6.54 Å². The Morgan fingerprint density at radius 2 is 2.47 bits per heavy atom. The molecule has 0 aliphatic carbocycles. The molecule has 0 aliphatic rings. The average molecular weight is 234 g/mol. The van der Waals surface area contributed by atoms with Crippen LogP contribution in [0.5, 0.6) is 0 Å². The number of carbonyl (C=O) groups is 1. The number of nitrogens with zero attached hydrogens (tertiary/aromatic N) is 2. The summed E-state index contributed by atoms with van der Waals surface area (Å²) in [5.41, 5.74) is 6.29. The normalized spacial score (nSPS) is 9.41. The van der Waals surface area contributed by atoms with Crippen LogP contribution >= 0.6 is 0 Å². The van der Waals surface area contributed by atoms with Crippen LogP contribution < -0.4 is 11.1 Å². The number of nitrogens with one attached hydrogen (secondary N) is 1. The number of pyridine rings is 1. The second kappa shape index (κ2) is 6.33. The Balaban J connectivity index is 2.52. The Morgan fingerprint density at radius 3 is 3.12 bits per heavy atom. The Bertz CT molecular complexity index is 440. The molecule has 1 aromatic rings. The third-order valence-electron chi connectivity index (χ3n) is 1.96. The van der Waals surface area contributed by atoms with Crippen LogP contribution in [-0.4, -0.2) is 24.1 Å². The van der Waals surface area contributed by atoms with Gasteiger partial charge in [-0.2, -0.15) is 5.26 Å². The highest BCUT2D eigenvalue weighted by molar-refractivity contribution is 5.70. The van der Waals surface area contributed by atoms with Crippen molar-refractivity contribution in [3.63, 3.8) is 0 Å². The molecule has 0 saturated carbocycles. The van der Waals surface area contributed by atoms with Gasteiger partial charge >= 0.3 is 5.97 Å². The molecule has 0 saturated heterocycles. The Labute approximate surface area is 99.4 Å². The first-order valence-corrected chi connectivity index (χ1v) is 5.22. The van der Waals surface area contributed by atoms with Crippen LogP contribution in [0.25, 0.3) is 0 Å². The van der Waals surface area contributed by atoms with Gasteiger partial charge in [-0.3, -0.25) is 4.79 Å². The van der Waals surface area contributed by atoms with Crippen molar-refractivity contribution in [2.45, 2.75) is 13.3 Å². The van der Waals surface area contributed by atoms with Gasteiger partial charge in [0.25, 0.3) is 0 Å².